The quantitative estimate of drug-likeness (QED) is 0.627. The predicted octanol–water partition coefficient (Wildman–Crippen LogP) is -0.763. The highest BCUT2D eigenvalue weighted by Crippen LogP contribution is 2.49. The van der Waals surface area contributed by atoms with Crippen LogP contribution in [-0.4, -0.2) is 72.0 Å². The van der Waals surface area contributed by atoms with Crippen molar-refractivity contribution in [3.05, 3.63) is 0 Å². The van der Waals surface area contributed by atoms with E-state index in [9.17, 15) is 5.11 Å². The maximum absolute atomic E-state index is 10.5. The van der Waals surface area contributed by atoms with Gasteiger partial charge in [-0.25, -0.2) is 0 Å². The molecule has 0 unspecified atom stereocenters. The van der Waals surface area contributed by atoms with Crippen LogP contribution in [0.1, 0.15) is 13.8 Å². The number of nitrogens with zero attached hydrogens (tertiary/aromatic N) is 1. The molecule has 5 fully saturated rings. The van der Waals surface area contributed by atoms with Gasteiger partial charge >= 0.3 is 0 Å². The Labute approximate surface area is 116 Å². The monoisotopic (exact) mass is 285 g/mol. The van der Waals surface area contributed by atoms with Crippen molar-refractivity contribution in [2.75, 3.05) is 13.2 Å². The molecule has 0 aliphatic carbocycles. The molecule has 0 aromatic heterocycles. The van der Waals surface area contributed by atoms with Crippen LogP contribution in [0.3, 0.4) is 0 Å². The number of hydroxylamine groups is 2. The summed E-state index contributed by atoms with van der Waals surface area (Å²) in [5.41, 5.74) is 0. The highest BCUT2D eigenvalue weighted by atomic mass is 16.8. The average molecular weight is 285 g/mol. The molecule has 0 radical (unpaired) electrons. The summed E-state index contributed by atoms with van der Waals surface area (Å²) in [4.78, 5) is 6.00. The number of hydrogen-bond donors (Lipinski definition) is 1. The lowest BCUT2D eigenvalue weighted by Gasteiger charge is -2.35. The average Bonchev–Trinajstić information content (AvgIpc) is 3.04. The Hall–Kier alpha value is -0.280. The number of fused-ring (bicyclic) bond motifs is 8. The van der Waals surface area contributed by atoms with E-state index in [1.165, 1.54) is 0 Å². The van der Waals surface area contributed by atoms with Crippen LogP contribution < -0.4 is 0 Å². The van der Waals surface area contributed by atoms with Gasteiger partial charge in [-0.3, -0.25) is 4.84 Å². The summed E-state index contributed by atoms with van der Waals surface area (Å²) in [6.45, 7) is 5.02. The minimum atomic E-state index is -0.681. The molecular formula is C13H19NO6. The first-order valence-corrected chi connectivity index (χ1v) is 7.28. The van der Waals surface area contributed by atoms with Gasteiger partial charge in [-0.2, -0.15) is 5.06 Å². The zero-order chi connectivity index (χ0) is 13.6. The molecule has 0 aromatic rings. The maximum Gasteiger partial charge on any atom is 0.184 e. The van der Waals surface area contributed by atoms with Gasteiger partial charge in [0.15, 0.2) is 12.1 Å². The molecule has 5 heterocycles. The Morgan fingerprint density at radius 1 is 1.15 bits per heavy atom. The molecule has 0 saturated carbocycles. The number of aliphatic hydroxyl groups is 1. The van der Waals surface area contributed by atoms with Gasteiger partial charge in [0.1, 0.15) is 30.5 Å². The van der Waals surface area contributed by atoms with E-state index in [0.717, 1.165) is 0 Å². The minimum absolute atomic E-state index is 0.00423. The summed E-state index contributed by atoms with van der Waals surface area (Å²) in [6, 6.07) is 0.0115. The molecule has 5 aliphatic rings. The molecule has 1 N–H and O–H groups in total. The Bertz CT molecular complexity index is 445. The maximum atomic E-state index is 10.5. The SMILES string of the molecule is CC1(C)O[C@H]2[C@@H]3[C@H]4[C@@H](O)[C@@H]5OC[C@@H](O5)[C@H]4ON3C[C@H]2O1. The van der Waals surface area contributed by atoms with Crippen LogP contribution in [0.25, 0.3) is 0 Å². The Morgan fingerprint density at radius 3 is 2.85 bits per heavy atom. The lowest BCUT2D eigenvalue weighted by molar-refractivity contribution is -0.230. The summed E-state index contributed by atoms with van der Waals surface area (Å²) in [5.74, 6) is -0.612. The Balaban J connectivity index is 1.48. The molecule has 2 bridgehead atoms. The third-order valence-electron chi connectivity index (χ3n) is 5.05. The van der Waals surface area contributed by atoms with Crippen LogP contribution in [0, 0.1) is 5.92 Å². The lowest BCUT2D eigenvalue weighted by Crippen LogP contribution is -2.53. The molecule has 7 nitrogen and oxygen atoms in total. The van der Waals surface area contributed by atoms with Crippen LogP contribution in [0.5, 0.6) is 0 Å². The number of hydrogen-bond acceptors (Lipinski definition) is 7. The van der Waals surface area contributed by atoms with Gasteiger partial charge in [0.2, 0.25) is 0 Å². The Morgan fingerprint density at radius 2 is 2.00 bits per heavy atom. The molecular weight excluding hydrogens is 266 g/mol. The van der Waals surface area contributed by atoms with Gasteiger partial charge in [-0.1, -0.05) is 0 Å². The molecule has 0 spiro atoms. The topological polar surface area (TPSA) is 69.6 Å². The van der Waals surface area contributed by atoms with E-state index in [0.29, 0.717) is 13.2 Å². The zero-order valence-corrected chi connectivity index (χ0v) is 11.5. The molecule has 112 valence electrons. The van der Waals surface area contributed by atoms with Crippen LogP contribution >= 0.6 is 0 Å². The zero-order valence-electron chi connectivity index (χ0n) is 11.5. The lowest BCUT2D eigenvalue weighted by atomic mass is 9.83. The van der Waals surface area contributed by atoms with E-state index in [1.807, 2.05) is 18.9 Å². The van der Waals surface area contributed by atoms with Gasteiger partial charge in [0, 0.05) is 5.92 Å². The first-order chi connectivity index (χ1) is 9.53. The second-order valence-corrected chi connectivity index (χ2v) is 6.74. The van der Waals surface area contributed by atoms with Crippen molar-refractivity contribution in [1.82, 2.24) is 5.06 Å². The number of aliphatic hydroxyl groups excluding tert-OH is 1. The minimum Gasteiger partial charge on any atom is -0.387 e. The number of rotatable bonds is 0. The van der Waals surface area contributed by atoms with E-state index in [2.05, 4.69) is 0 Å². The fourth-order valence-corrected chi connectivity index (χ4v) is 4.39. The highest BCUT2D eigenvalue weighted by molar-refractivity contribution is 5.10. The van der Waals surface area contributed by atoms with Gasteiger partial charge in [0.05, 0.1) is 19.2 Å². The molecule has 7 heteroatoms. The van der Waals surface area contributed by atoms with Crippen molar-refractivity contribution in [3.8, 4) is 0 Å². The highest BCUT2D eigenvalue weighted by Gasteiger charge is 2.66. The fourth-order valence-electron chi connectivity index (χ4n) is 4.39. The molecule has 5 rings (SSSR count). The van der Waals surface area contributed by atoms with Crippen LogP contribution in [0.15, 0.2) is 0 Å². The van der Waals surface area contributed by atoms with Crippen molar-refractivity contribution < 1.29 is 28.9 Å². The standard InChI is InChI=1S/C13H19NO6/c1-13(2)18-5-3-14-8(11(5)19-13)7-9(15)12-16-4-6(17-12)10(7)20-14/h5-12,15H,3-4H2,1-2H3/t5-,6-,7+,8+,9-,10-,11-,12-/m1/s1. The summed E-state index contributed by atoms with van der Waals surface area (Å²) in [6.07, 6.45) is -1.51. The summed E-state index contributed by atoms with van der Waals surface area (Å²) < 4.78 is 23.1. The molecule has 20 heavy (non-hydrogen) atoms. The van der Waals surface area contributed by atoms with Gasteiger partial charge in [0.25, 0.3) is 0 Å². The predicted molar refractivity (Wildman–Crippen MR) is 63.3 cm³/mol. The molecule has 5 aliphatic heterocycles. The molecule has 0 aromatic carbocycles. The van der Waals surface area contributed by atoms with Crippen molar-refractivity contribution in [1.29, 1.82) is 0 Å². The van der Waals surface area contributed by atoms with Crippen molar-refractivity contribution in [3.63, 3.8) is 0 Å². The molecule has 0 amide bonds. The second-order valence-electron chi connectivity index (χ2n) is 6.74. The number of ether oxygens (including phenoxy) is 4. The van der Waals surface area contributed by atoms with Crippen molar-refractivity contribution in [2.24, 2.45) is 5.92 Å². The summed E-state index contributed by atoms with van der Waals surface area (Å²) in [7, 11) is 0. The molecule has 5 saturated heterocycles. The van der Waals surface area contributed by atoms with Crippen molar-refractivity contribution >= 4 is 0 Å². The Kier molecular flexibility index (Phi) is 2.29. The van der Waals surface area contributed by atoms with Crippen LogP contribution in [-0.2, 0) is 23.8 Å². The van der Waals surface area contributed by atoms with E-state index in [-0.39, 0.29) is 36.4 Å². The van der Waals surface area contributed by atoms with Crippen LogP contribution in [0.4, 0.5) is 0 Å². The summed E-state index contributed by atoms with van der Waals surface area (Å²) >= 11 is 0. The van der Waals surface area contributed by atoms with Gasteiger partial charge in [-0.05, 0) is 13.8 Å². The third-order valence-corrected chi connectivity index (χ3v) is 5.05. The van der Waals surface area contributed by atoms with E-state index in [4.69, 9.17) is 23.8 Å². The van der Waals surface area contributed by atoms with Gasteiger partial charge < -0.3 is 24.1 Å². The van der Waals surface area contributed by atoms with E-state index < -0.39 is 18.2 Å². The first-order valence-electron chi connectivity index (χ1n) is 7.28. The largest absolute Gasteiger partial charge is 0.387 e. The van der Waals surface area contributed by atoms with Crippen LogP contribution in [0.2, 0.25) is 0 Å². The first kappa shape index (κ1) is 12.3. The second kappa shape index (κ2) is 3.73. The van der Waals surface area contributed by atoms with E-state index >= 15 is 0 Å². The normalized spacial score (nSPS) is 59.5. The van der Waals surface area contributed by atoms with Gasteiger partial charge in [-0.15, -0.1) is 0 Å². The molecule has 8 atom stereocenters. The smallest absolute Gasteiger partial charge is 0.184 e. The van der Waals surface area contributed by atoms with E-state index in [1.54, 1.807) is 0 Å². The third kappa shape index (κ3) is 1.44. The van der Waals surface area contributed by atoms with Crippen molar-refractivity contribution in [2.45, 2.75) is 62.5 Å². The summed E-state index contributed by atoms with van der Waals surface area (Å²) in [5, 5.41) is 12.4. The fraction of sp³-hybridized carbons (Fsp3) is 1.00.